The summed E-state index contributed by atoms with van der Waals surface area (Å²) in [6.07, 6.45) is -1.28. The molecular formula is C7H13BO5PS-. The molecule has 0 aromatic heterocycles. The van der Waals surface area contributed by atoms with Crippen molar-refractivity contribution in [2.45, 2.75) is 22.6 Å². The molecule has 1 aliphatic rings. The van der Waals surface area contributed by atoms with Crippen LogP contribution in [0.2, 0.25) is 0 Å². The van der Waals surface area contributed by atoms with Crippen molar-refractivity contribution < 1.29 is 23.8 Å². The Bertz CT molecular complexity index is 260. The van der Waals surface area contributed by atoms with Crippen LogP contribution in [0.1, 0.15) is 0 Å². The number of hydrogen-bond acceptors (Lipinski definition) is 6. The minimum Gasteiger partial charge on any atom is -0.779 e. The van der Waals surface area contributed by atoms with Gasteiger partial charge in [-0.05, 0) is 5.15 Å². The molecule has 0 spiro atoms. The summed E-state index contributed by atoms with van der Waals surface area (Å²) >= 11 is 1.26. The second-order valence-electron chi connectivity index (χ2n) is 3.40. The lowest BCUT2D eigenvalue weighted by atomic mass is 9.94. The average molecular weight is 251 g/mol. The van der Waals surface area contributed by atoms with Gasteiger partial charge in [0.25, 0.3) is 0 Å². The van der Waals surface area contributed by atoms with Crippen LogP contribution in [0.15, 0.2) is 0 Å². The smallest absolute Gasteiger partial charge is 0.131 e. The van der Waals surface area contributed by atoms with Gasteiger partial charge in [-0.3, -0.25) is 0 Å². The summed E-state index contributed by atoms with van der Waals surface area (Å²) < 4.78 is 20.5. The molecule has 1 rings (SSSR count). The first-order valence-corrected chi connectivity index (χ1v) is 7.33. The molecular weight excluding hydrogens is 238 g/mol. The first-order valence-electron chi connectivity index (χ1n) is 4.40. The van der Waals surface area contributed by atoms with Gasteiger partial charge in [0.1, 0.15) is 7.60 Å². The fourth-order valence-electron chi connectivity index (χ4n) is 1.40. The van der Waals surface area contributed by atoms with E-state index in [1.165, 1.54) is 18.9 Å². The van der Waals surface area contributed by atoms with E-state index >= 15 is 0 Å². The third kappa shape index (κ3) is 3.77. The number of hydrogen-bond donors (Lipinski definition) is 1. The lowest BCUT2D eigenvalue weighted by Crippen LogP contribution is -2.36. The first kappa shape index (κ1) is 13.5. The molecule has 1 heterocycles. The van der Waals surface area contributed by atoms with Crippen LogP contribution in [0.5, 0.6) is 0 Å². The molecule has 0 saturated carbocycles. The molecule has 0 aromatic carbocycles. The molecule has 2 radical (unpaired) electrons. The van der Waals surface area contributed by atoms with E-state index in [4.69, 9.17) is 12.6 Å². The van der Waals surface area contributed by atoms with Crippen LogP contribution in [-0.2, 0) is 13.8 Å². The van der Waals surface area contributed by atoms with Gasteiger partial charge in [0.05, 0.1) is 31.9 Å². The summed E-state index contributed by atoms with van der Waals surface area (Å²) in [5, 5.41) is 8.86. The highest BCUT2D eigenvalue weighted by Crippen LogP contribution is 2.38. The highest BCUT2D eigenvalue weighted by atomic mass is 32.2. The normalized spacial score (nSPS) is 40.3. The summed E-state index contributed by atoms with van der Waals surface area (Å²) in [5.41, 5.74) is 0. The number of aliphatic hydroxyl groups is 1. The number of rotatable bonds is 4. The van der Waals surface area contributed by atoms with E-state index in [2.05, 4.69) is 4.52 Å². The first-order chi connectivity index (χ1) is 6.85. The monoisotopic (exact) mass is 251 g/mol. The molecule has 86 valence electrons. The summed E-state index contributed by atoms with van der Waals surface area (Å²) in [6.45, 7) is 0.982. The van der Waals surface area contributed by atoms with Crippen molar-refractivity contribution in [2.24, 2.45) is 0 Å². The molecule has 5 atom stereocenters. The van der Waals surface area contributed by atoms with Crippen molar-refractivity contribution in [1.29, 1.82) is 0 Å². The maximum absolute atomic E-state index is 10.8. The lowest BCUT2D eigenvalue weighted by Gasteiger charge is -2.23. The fourth-order valence-corrected chi connectivity index (χ4v) is 3.23. The van der Waals surface area contributed by atoms with Gasteiger partial charge >= 0.3 is 0 Å². The number of methoxy groups -OCH3 is 1. The standard InChI is InChI=1S/C7H14BO5PS/c1-12-6-4(3-13-14(2,10)11)15-7(8)5(6)9/h4-7,9H,3H2,1-2H3,(H,10,11)/p-1/t4-,5?,6+,7-/m1/s1. The van der Waals surface area contributed by atoms with Gasteiger partial charge in [-0.2, -0.15) is 11.8 Å². The molecule has 0 aromatic rings. The average Bonchev–Trinajstić information content (AvgIpc) is 2.38. The van der Waals surface area contributed by atoms with Crippen LogP contribution in [0.3, 0.4) is 0 Å². The van der Waals surface area contributed by atoms with Gasteiger partial charge in [0.2, 0.25) is 0 Å². The number of ether oxygens (including phenoxy) is 1. The summed E-state index contributed by atoms with van der Waals surface area (Å²) in [7, 11) is 3.31. The van der Waals surface area contributed by atoms with Crippen molar-refractivity contribution in [3.05, 3.63) is 0 Å². The maximum Gasteiger partial charge on any atom is 0.131 e. The molecule has 5 nitrogen and oxygen atoms in total. The van der Waals surface area contributed by atoms with E-state index in [0.29, 0.717) is 0 Å². The van der Waals surface area contributed by atoms with E-state index in [1.54, 1.807) is 0 Å². The molecule has 15 heavy (non-hydrogen) atoms. The zero-order valence-corrected chi connectivity index (χ0v) is 10.2. The van der Waals surface area contributed by atoms with Crippen molar-refractivity contribution in [1.82, 2.24) is 0 Å². The third-order valence-electron chi connectivity index (χ3n) is 2.12. The van der Waals surface area contributed by atoms with Gasteiger partial charge in [-0.1, -0.05) is 0 Å². The quantitative estimate of drug-likeness (QED) is 0.519. The minimum absolute atomic E-state index is 0.0226. The van der Waals surface area contributed by atoms with Gasteiger partial charge in [0, 0.05) is 13.8 Å². The van der Waals surface area contributed by atoms with E-state index < -0.39 is 25.0 Å². The molecule has 0 amide bonds. The Kier molecular flexibility index (Phi) is 4.71. The van der Waals surface area contributed by atoms with Crippen LogP contribution >= 0.6 is 19.4 Å². The Morgan fingerprint density at radius 3 is 2.73 bits per heavy atom. The van der Waals surface area contributed by atoms with Crippen molar-refractivity contribution in [3.63, 3.8) is 0 Å². The predicted octanol–water partition coefficient (Wildman–Crippen LogP) is -0.828. The van der Waals surface area contributed by atoms with E-state index in [1.807, 2.05) is 0 Å². The Morgan fingerprint density at radius 2 is 2.27 bits per heavy atom. The highest BCUT2D eigenvalue weighted by molar-refractivity contribution is 8.02. The van der Waals surface area contributed by atoms with Crippen LogP contribution in [0.25, 0.3) is 0 Å². The topological polar surface area (TPSA) is 78.8 Å². The molecule has 8 heteroatoms. The third-order valence-corrected chi connectivity index (χ3v) is 4.08. The Balaban J connectivity index is 2.52. The van der Waals surface area contributed by atoms with Crippen LogP contribution in [0.4, 0.5) is 0 Å². The van der Waals surface area contributed by atoms with Gasteiger partial charge in [0.15, 0.2) is 0 Å². The predicted molar refractivity (Wildman–Crippen MR) is 57.2 cm³/mol. The summed E-state index contributed by atoms with van der Waals surface area (Å²) in [5.74, 6) is 0. The lowest BCUT2D eigenvalue weighted by molar-refractivity contribution is -0.196. The van der Waals surface area contributed by atoms with E-state index in [9.17, 15) is 14.6 Å². The Labute approximate surface area is 94.5 Å². The molecule has 1 aliphatic heterocycles. The summed E-state index contributed by atoms with van der Waals surface area (Å²) in [4.78, 5) is 10.8. The maximum atomic E-state index is 10.8. The molecule has 0 aliphatic carbocycles. The second kappa shape index (κ2) is 5.21. The van der Waals surface area contributed by atoms with Gasteiger partial charge < -0.3 is 23.8 Å². The summed E-state index contributed by atoms with van der Waals surface area (Å²) in [6, 6.07) is 0. The molecule has 1 saturated heterocycles. The van der Waals surface area contributed by atoms with Crippen molar-refractivity contribution in [3.8, 4) is 0 Å². The zero-order chi connectivity index (χ0) is 11.6. The molecule has 2 unspecified atom stereocenters. The molecule has 1 N–H and O–H groups in total. The largest absolute Gasteiger partial charge is 0.779 e. The molecule has 0 bridgehead atoms. The van der Waals surface area contributed by atoms with E-state index in [-0.39, 0.29) is 11.9 Å². The van der Waals surface area contributed by atoms with Crippen LogP contribution in [0, 0.1) is 0 Å². The Morgan fingerprint density at radius 1 is 1.67 bits per heavy atom. The molecule has 1 fully saturated rings. The number of aliphatic hydroxyl groups excluding tert-OH is 1. The Hall–Kier alpha value is 0.485. The van der Waals surface area contributed by atoms with Gasteiger partial charge in [-0.15, -0.1) is 0 Å². The van der Waals surface area contributed by atoms with Crippen LogP contribution < -0.4 is 4.89 Å². The van der Waals surface area contributed by atoms with E-state index in [0.717, 1.165) is 6.66 Å². The highest BCUT2D eigenvalue weighted by Gasteiger charge is 2.40. The van der Waals surface area contributed by atoms with Crippen molar-refractivity contribution in [2.75, 3.05) is 20.4 Å². The minimum atomic E-state index is -3.74. The second-order valence-corrected chi connectivity index (χ2v) is 6.62. The fraction of sp³-hybridized carbons (Fsp3) is 1.00. The SMILES string of the molecule is [B][C@@H]1S[C@H](COP(C)(=O)[O-])[C@H](OC)C1O. The number of thioether (sulfide) groups is 1. The van der Waals surface area contributed by atoms with Crippen LogP contribution in [-0.4, -0.2) is 55.9 Å². The van der Waals surface area contributed by atoms with Gasteiger partial charge in [-0.25, -0.2) is 0 Å². The van der Waals surface area contributed by atoms with Crippen molar-refractivity contribution >= 4 is 27.2 Å². The zero-order valence-electron chi connectivity index (χ0n) is 8.53.